The lowest BCUT2D eigenvalue weighted by molar-refractivity contribution is 0.00578. The zero-order valence-electron chi connectivity index (χ0n) is 16.9. The Morgan fingerprint density at radius 3 is 2.59 bits per heavy atom. The van der Waals surface area contributed by atoms with Gasteiger partial charge in [0.15, 0.2) is 11.5 Å². The molecule has 4 rings (SSSR count). The molecular formula is C20H23BClN3O4. The van der Waals surface area contributed by atoms with Crippen molar-refractivity contribution in [2.24, 2.45) is 0 Å². The Labute approximate surface area is 174 Å². The van der Waals surface area contributed by atoms with E-state index in [9.17, 15) is 9.59 Å². The van der Waals surface area contributed by atoms with Crippen molar-refractivity contribution in [3.05, 3.63) is 40.7 Å². The minimum Gasteiger partial charge on any atom is -0.399 e. The monoisotopic (exact) mass is 415 g/mol. The van der Waals surface area contributed by atoms with E-state index in [2.05, 4.69) is 10.4 Å². The van der Waals surface area contributed by atoms with Gasteiger partial charge in [-0.2, -0.15) is 5.10 Å². The fraction of sp³-hybridized carbons (Fsp3) is 0.450. The second-order valence-electron chi connectivity index (χ2n) is 8.42. The molecule has 1 aromatic carbocycles. The zero-order chi connectivity index (χ0) is 21.0. The first kappa shape index (κ1) is 20.1. The lowest BCUT2D eigenvalue weighted by Gasteiger charge is -2.32. The van der Waals surface area contributed by atoms with E-state index in [0.29, 0.717) is 34.8 Å². The van der Waals surface area contributed by atoms with Gasteiger partial charge in [0.2, 0.25) is 0 Å². The highest BCUT2D eigenvalue weighted by atomic mass is 35.5. The van der Waals surface area contributed by atoms with Crippen LogP contribution in [-0.2, 0) is 15.9 Å². The molecule has 0 saturated carbocycles. The highest BCUT2D eigenvalue weighted by Crippen LogP contribution is 2.37. The number of nitrogens with one attached hydrogen (secondary N) is 1. The van der Waals surface area contributed by atoms with E-state index in [1.807, 2.05) is 33.8 Å². The fourth-order valence-electron chi connectivity index (χ4n) is 3.42. The summed E-state index contributed by atoms with van der Waals surface area (Å²) in [6, 6.07) is 6.83. The standard InChI is InChI=1S/C20H23BClN3O4/c1-19(2)20(3,4)29-21(28-19)12-7-5-8-13(17(12)22)23-18(27)14-11-15-16(26)9-6-10-25(15)24-14/h5,7-8,11H,6,9-10H2,1-4H3,(H,23,27). The van der Waals surface area contributed by atoms with Crippen LogP contribution < -0.4 is 10.8 Å². The predicted octanol–water partition coefficient (Wildman–Crippen LogP) is 3.06. The molecule has 29 heavy (non-hydrogen) atoms. The number of amides is 1. The lowest BCUT2D eigenvalue weighted by Crippen LogP contribution is -2.41. The molecular weight excluding hydrogens is 393 g/mol. The van der Waals surface area contributed by atoms with Crippen LogP contribution in [0.1, 0.15) is 61.5 Å². The number of Topliss-reactive ketones (excluding diaryl/α,β-unsaturated/α-hetero) is 1. The first-order valence-electron chi connectivity index (χ1n) is 9.65. The third kappa shape index (κ3) is 3.49. The number of hydrogen-bond donors (Lipinski definition) is 1. The fourth-order valence-corrected chi connectivity index (χ4v) is 3.69. The van der Waals surface area contributed by atoms with Crippen LogP contribution in [0, 0.1) is 0 Å². The average molecular weight is 416 g/mol. The number of fused-ring (bicyclic) bond motifs is 1. The van der Waals surface area contributed by atoms with Gasteiger partial charge in [-0.25, -0.2) is 0 Å². The maximum atomic E-state index is 12.7. The third-order valence-corrected chi connectivity index (χ3v) is 6.28. The summed E-state index contributed by atoms with van der Waals surface area (Å²) in [5, 5.41) is 7.39. The number of benzene rings is 1. The molecule has 0 unspecified atom stereocenters. The molecule has 0 aliphatic carbocycles. The molecule has 1 N–H and O–H groups in total. The molecule has 0 spiro atoms. The van der Waals surface area contributed by atoms with E-state index >= 15 is 0 Å². The minimum absolute atomic E-state index is 0.00332. The Balaban J connectivity index is 1.57. The Bertz CT molecular complexity index is 986. The molecule has 9 heteroatoms. The lowest BCUT2D eigenvalue weighted by atomic mass is 9.79. The summed E-state index contributed by atoms with van der Waals surface area (Å²) < 4.78 is 13.7. The van der Waals surface area contributed by atoms with Crippen LogP contribution in [0.15, 0.2) is 24.3 Å². The highest BCUT2D eigenvalue weighted by molar-refractivity contribution is 6.66. The van der Waals surface area contributed by atoms with Crippen molar-refractivity contribution in [1.82, 2.24) is 9.78 Å². The summed E-state index contributed by atoms with van der Waals surface area (Å²) in [6.07, 6.45) is 1.21. The van der Waals surface area contributed by atoms with Crippen LogP contribution in [0.4, 0.5) is 5.69 Å². The molecule has 7 nitrogen and oxygen atoms in total. The average Bonchev–Trinajstić information content (AvgIpc) is 3.16. The largest absolute Gasteiger partial charge is 0.496 e. The number of hydrogen-bond acceptors (Lipinski definition) is 5. The summed E-state index contributed by atoms with van der Waals surface area (Å²) >= 11 is 6.58. The van der Waals surface area contributed by atoms with Crippen LogP contribution in [0.25, 0.3) is 0 Å². The van der Waals surface area contributed by atoms with Gasteiger partial charge < -0.3 is 14.6 Å². The van der Waals surface area contributed by atoms with Crippen molar-refractivity contribution in [2.75, 3.05) is 5.32 Å². The van der Waals surface area contributed by atoms with Crippen molar-refractivity contribution < 1.29 is 18.9 Å². The summed E-state index contributed by atoms with van der Waals surface area (Å²) in [5.41, 5.74) is 0.735. The smallest absolute Gasteiger partial charge is 0.399 e. The van der Waals surface area contributed by atoms with E-state index in [-0.39, 0.29) is 11.5 Å². The topological polar surface area (TPSA) is 82.5 Å². The number of carbonyl (C=O) groups excluding carboxylic acids is 2. The van der Waals surface area contributed by atoms with Crippen LogP contribution >= 0.6 is 11.6 Å². The molecule has 0 bridgehead atoms. The minimum atomic E-state index is -0.637. The van der Waals surface area contributed by atoms with Gasteiger partial charge in [0.25, 0.3) is 5.91 Å². The van der Waals surface area contributed by atoms with Gasteiger partial charge in [-0.1, -0.05) is 23.7 Å². The molecule has 0 atom stereocenters. The Kier molecular flexibility index (Phi) is 4.84. The second-order valence-corrected chi connectivity index (χ2v) is 8.79. The molecule has 1 saturated heterocycles. The van der Waals surface area contributed by atoms with Crippen molar-refractivity contribution in [1.29, 1.82) is 0 Å². The van der Waals surface area contributed by atoms with Gasteiger partial charge in [0.1, 0.15) is 5.69 Å². The van der Waals surface area contributed by atoms with Crippen LogP contribution in [0.3, 0.4) is 0 Å². The molecule has 2 aliphatic heterocycles. The molecule has 1 aromatic heterocycles. The van der Waals surface area contributed by atoms with E-state index in [1.54, 1.807) is 16.8 Å². The second kappa shape index (κ2) is 6.97. The third-order valence-electron chi connectivity index (χ3n) is 5.86. The Morgan fingerprint density at radius 1 is 1.24 bits per heavy atom. The summed E-state index contributed by atoms with van der Waals surface area (Å²) in [6.45, 7) is 8.50. The number of aryl methyl sites for hydroxylation is 1. The Morgan fingerprint density at radius 2 is 1.93 bits per heavy atom. The van der Waals surface area contributed by atoms with E-state index in [4.69, 9.17) is 20.9 Å². The predicted molar refractivity (Wildman–Crippen MR) is 111 cm³/mol. The molecule has 152 valence electrons. The summed E-state index contributed by atoms with van der Waals surface area (Å²) in [7, 11) is -0.637. The van der Waals surface area contributed by atoms with Crippen LogP contribution in [0.5, 0.6) is 0 Å². The maximum Gasteiger partial charge on any atom is 0.496 e. The first-order valence-corrected chi connectivity index (χ1v) is 10.0. The van der Waals surface area contributed by atoms with E-state index in [0.717, 1.165) is 6.42 Å². The molecule has 1 amide bonds. The summed E-state index contributed by atoms with van der Waals surface area (Å²) in [4.78, 5) is 24.7. The molecule has 0 radical (unpaired) electrons. The number of ketones is 1. The van der Waals surface area contributed by atoms with Gasteiger partial charge in [-0.15, -0.1) is 0 Å². The Hall–Kier alpha value is -2.16. The number of aromatic nitrogens is 2. The van der Waals surface area contributed by atoms with Crippen molar-refractivity contribution >= 4 is 41.6 Å². The zero-order valence-corrected chi connectivity index (χ0v) is 17.7. The van der Waals surface area contributed by atoms with Gasteiger partial charge >= 0.3 is 7.12 Å². The SMILES string of the molecule is CC1(C)OB(c2cccc(NC(=O)c3cc4n(n3)CCCC4=O)c2Cl)OC1(C)C. The quantitative estimate of drug-likeness (QED) is 0.779. The number of nitrogens with zero attached hydrogens (tertiary/aromatic N) is 2. The number of carbonyl (C=O) groups is 2. The first-order chi connectivity index (χ1) is 13.6. The molecule has 1 fully saturated rings. The molecule has 2 aromatic rings. The van der Waals surface area contributed by atoms with Crippen molar-refractivity contribution in [2.45, 2.75) is 58.3 Å². The summed E-state index contributed by atoms with van der Waals surface area (Å²) in [5.74, 6) is -0.420. The molecule has 2 aliphatic rings. The van der Waals surface area contributed by atoms with Gasteiger partial charge in [-0.05, 0) is 40.2 Å². The number of anilines is 1. The van der Waals surface area contributed by atoms with Gasteiger partial charge in [0, 0.05) is 24.5 Å². The molecule has 3 heterocycles. The number of halogens is 1. The van der Waals surface area contributed by atoms with Gasteiger partial charge in [-0.3, -0.25) is 14.3 Å². The van der Waals surface area contributed by atoms with E-state index in [1.165, 1.54) is 6.07 Å². The van der Waals surface area contributed by atoms with Gasteiger partial charge in [0.05, 0.1) is 21.9 Å². The number of rotatable bonds is 3. The highest BCUT2D eigenvalue weighted by Gasteiger charge is 2.52. The van der Waals surface area contributed by atoms with Crippen molar-refractivity contribution in [3.63, 3.8) is 0 Å². The van der Waals surface area contributed by atoms with Crippen LogP contribution in [-0.4, -0.2) is 39.8 Å². The van der Waals surface area contributed by atoms with Crippen LogP contribution in [0.2, 0.25) is 5.02 Å². The van der Waals surface area contributed by atoms with Crippen molar-refractivity contribution in [3.8, 4) is 0 Å². The van der Waals surface area contributed by atoms with E-state index < -0.39 is 24.2 Å². The maximum absolute atomic E-state index is 12.7. The normalized spacial score (nSPS) is 19.9.